The van der Waals surface area contributed by atoms with Crippen LogP contribution in [0.5, 0.6) is 0 Å². The number of ether oxygens (including phenoxy) is 1. The van der Waals surface area contributed by atoms with E-state index in [-0.39, 0.29) is 18.3 Å². The van der Waals surface area contributed by atoms with Crippen LogP contribution in [0.15, 0.2) is 30.5 Å². The van der Waals surface area contributed by atoms with Crippen LogP contribution in [-0.2, 0) is 15.7 Å². The summed E-state index contributed by atoms with van der Waals surface area (Å²) in [6.45, 7) is 1.11. The molecule has 10 heteroatoms. The second-order valence-electron chi connectivity index (χ2n) is 6.40. The SMILES string of the molecule is O=C(CC1CCOCC1)Nc1cnc(Nc2cccc(Cl)c2)nc1C(F)(F)F. The Hall–Kier alpha value is -2.39. The van der Waals surface area contributed by atoms with E-state index in [1.165, 1.54) is 6.07 Å². The van der Waals surface area contributed by atoms with Gasteiger partial charge in [-0.3, -0.25) is 4.79 Å². The highest BCUT2D eigenvalue weighted by atomic mass is 35.5. The number of benzene rings is 1. The van der Waals surface area contributed by atoms with Crippen LogP contribution in [0.2, 0.25) is 5.02 Å². The number of nitrogens with zero attached hydrogens (tertiary/aromatic N) is 2. The second-order valence-corrected chi connectivity index (χ2v) is 6.83. The highest BCUT2D eigenvalue weighted by molar-refractivity contribution is 6.30. The summed E-state index contributed by atoms with van der Waals surface area (Å²) >= 11 is 5.86. The van der Waals surface area contributed by atoms with Gasteiger partial charge in [-0.05, 0) is 37.0 Å². The molecule has 1 amide bonds. The number of nitrogens with one attached hydrogen (secondary N) is 2. The number of carbonyl (C=O) groups is 1. The lowest BCUT2D eigenvalue weighted by atomic mass is 9.96. The molecule has 2 N–H and O–H groups in total. The summed E-state index contributed by atoms with van der Waals surface area (Å²) in [5.74, 6) is -0.665. The van der Waals surface area contributed by atoms with Crippen LogP contribution in [0.4, 0.5) is 30.5 Å². The molecule has 2 heterocycles. The van der Waals surface area contributed by atoms with E-state index in [2.05, 4.69) is 20.6 Å². The summed E-state index contributed by atoms with van der Waals surface area (Å²) in [5, 5.41) is 5.38. The number of halogens is 4. The molecule has 28 heavy (non-hydrogen) atoms. The van der Waals surface area contributed by atoms with Crippen molar-refractivity contribution < 1.29 is 22.7 Å². The maximum absolute atomic E-state index is 13.4. The Balaban J connectivity index is 1.76. The molecule has 1 aromatic carbocycles. The molecule has 0 aliphatic carbocycles. The van der Waals surface area contributed by atoms with Crippen molar-refractivity contribution >= 4 is 34.8 Å². The van der Waals surface area contributed by atoms with Crippen molar-refractivity contribution in [3.05, 3.63) is 41.2 Å². The van der Waals surface area contributed by atoms with E-state index in [9.17, 15) is 18.0 Å². The Bertz CT molecular complexity index is 842. The minimum absolute atomic E-state index is 0.0905. The fraction of sp³-hybridized carbons (Fsp3) is 0.389. The van der Waals surface area contributed by atoms with Gasteiger partial charge >= 0.3 is 6.18 Å². The van der Waals surface area contributed by atoms with Gasteiger partial charge in [0, 0.05) is 30.3 Å². The topological polar surface area (TPSA) is 76.1 Å². The summed E-state index contributed by atoms with van der Waals surface area (Å²) in [7, 11) is 0. The second kappa shape index (κ2) is 8.74. The Kier molecular flexibility index (Phi) is 6.35. The summed E-state index contributed by atoms with van der Waals surface area (Å²) in [6.07, 6.45) is -2.26. The average Bonchev–Trinajstić information content (AvgIpc) is 2.63. The van der Waals surface area contributed by atoms with Gasteiger partial charge in [0.2, 0.25) is 11.9 Å². The Morgan fingerprint density at radius 2 is 2.04 bits per heavy atom. The molecule has 1 fully saturated rings. The van der Waals surface area contributed by atoms with Crippen LogP contribution >= 0.6 is 11.6 Å². The maximum Gasteiger partial charge on any atom is 0.435 e. The summed E-state index contributed by atoms with van der Waals surface area (Å²) in [5.41, 5.74) is -1.24. The molecule has 1 aliphatic heterocycles. The zero-order valence-corrected chi connectivity index (χ0v) is 15.5. The van der Waals surface area contributed by atoms with Crippen molar-refractivity contribution in [3.63, 3.8) is 0 Å². The van der Waals surface area contributed by atoms with Gasteiger partial charge in [-0.25, -0.2) is 9.97 Å². The molecule has 0 saturated carbocycles. The molecule has 3 rings (SSSR count). The molecule has 150 valence electrons. The van der Waals surface area contributed by atoms with Crippen molar-refractivity contribution in [1.82, 2.24) is 9.97 Å². The van der Waals surface area contributed by atoms with Gasteiger partial charge in [-0.15, -0.1) is 0 Å². The lowest BCUT2D eigenvalue weighted by Gasteiger charge is -2.21. The smallest absolute Gasteiger partial charge is 0.381 e. The molecule has 0 radical (unpaired) electrons. The van der Waals surface area contributed by atoms with Crippen LogP contribution in [-0.4, -0.2) is 29.1 Å². The lowest BCUT2D eigenvalue weighted by molar-refractivity contribution is -0.140. The number of anilines is 3. The molecule has 0 atom stereocenters. The highest BCUT2D eigenvalue weighted by Crippen LogP contribution is 2.34. The third-order valence-electron chi connectivity index (χ3n) is 4.23. The number of hydrogen-bond donors (Lipinski definition) is 2. The van der Waals surface area contributed by atoms with Gasteiger partial charge < -0.3 is 15.4 Å². The van der Waals surface area contributed by atoms with Crippen LogP contribution < -0.4 is 10.6 Å². The number of amides is 1. The largest absolute Gasteiger partial charge is 0.435 e. The van der Waals surface area contributed by atoms with Crippen LogP contribution in [0.25, 0.3) is 0 Å². The minimum Gasteiger partial charge on any atom is -0.381 e. The number of hydrogen-bond acceptors (Lipinski definition) is 5. The predicted octanol–water partition coefficient (Wildman–Crippen LogP) is 4.65. The predicted molar refractivity (Wildman–Crippen MR) is 98.6 cm³/mol. The standard InChI is InChI=1S/C18H18ClF3N4O2/c19-12-2-1-3-13(9-12)24-17-23-10-14(16(26-17)18(20,21)22)25-15(27)8-11-4-6-28-7-5-11/h1-3,9-11H,4-8H2,(H,25,27)(H,23,24,26). The molecule has 1 aromatic heterocycles. The zero-order chi connectivity index (χ0) is 20.1. The van der Waals surface area contributed by atoms with Gasteiger partial charge in [0.15, 0.2) is 5.69 Å². The summed E-state index contributed by atoms with van der Waals surface area (Å²) < 4.78 is 45.5. The first-order chi connectivity index (χ1) is 13.3. The van der Waals surface area contributed by atoms with Gasteiger partial charge in [-0.1, -0.05) is 17.7 Å². The van der Waals surface area contributed by atoms with Gasteiger partial charge in [0.1, 0.15) is 0 Å². The number of alkyl halides is 3. The molecule has 0 spiro atoms. The maximum atomic E-state index is 13.4. The fourth-order valence-electron chi connectivity index (χ4n) is 2.86. The van der Waals surface area contributed by atoms with E-state index < -0.39 is 23.5 Å². The van der Waals surface area contributed by atoms with Gasteiger partial charge in [0.25, 0.3) is 0 Å². The van der Waals surface area contributed by atoms with Crippen LogP contribution in [0.1, 0.15) is 25.0 Å². The fourth-order valence-corrected chi connectivity index (χ4v) is 3.05. The molecule has 1 saturated heterocycles. The van der Waals surface area contributed by atoms with E-state index in [0.717, 1.165) is 6.20 Å². The summed E-state index contributed by atoms with van der Waals surface area (Å²) in [4.78, 5) is 19.6. The number of aromatic nitrogens is 2. The van der Waals surface area contributed by atoms with E-state index in [1.54, 1.807) is 18.2 Å². The Morgan fingerprint density at radius 3 is 2.71 bits per heavy atom. The van der Waals surface area contributed by atoms with Crippen molar-refractivity contribution in [1.29, 1.82) is 0 Å². The number of rotatable bonds is 5. The third kappa shape index (κ3) is 5.56. The van der Waals surface area contributed by atoms with Crippen LogP contribution in [0, 0.1) is 5.92 Å². The monoisotopic (exact) mass is 414 g/mol. The Labute approximate surface area is 164 Å². The Morgan fingerprint density at radius 1 is 1.29 bits per heavy atom. The lowest BCUT2D eigenvalue weighted by Crippen LogP contribution is -2.24. The molecule has 0 unspecified atom stereocenters. The summed E-state index contributed by atoms with van der Waals surface area (Å²) in [6, 6.07) is 6.42. The first kappa shape index (κ1) is 20.3. The first-order valence-electron chi connectivity index (χ1n) is 8.65. The van der Waals surface area contributed by atoms with Gasteiger partial charge in [0.05, 0.1) is 11.9 Å². The van der Waals surface area contributed by atoms with Crippen LogP contribution in [0.3, 0.4) is 0 Å². The van der Waals surface area contributed by atoms with E-state index in [4.69, 9.17) is 16.3 Å². The van der Waals surface area contributed by atoms with Crippen molar-refractivity contribution in [2.75, 3.05) is 23.8 Å². The average molecular weight is 415 g/mol. The molecule has 1 aliphatic rings. The van der Waals surface area contributed by atoms with Crippen molar-refractivity contribution in [2.24, 2.45) is 5.92 Å². The van der Waals surface area contributed by atoms with Crippen molar-refractivity contribution in [3.8, 4) is 0 Å². The van der Waals surface area contributed by atoms with E-state index >= 15 is 0 Å². The van der Waals surface area contributed by atoms with Gasteiger partial charge in [-0.2, -0.15) is 13.2 Å². The normalized spacial score (nSPS) is 15.3. The van der Waals surface area contributed by atoms with E-state index in [0.29, 0.717) is 36.8 Å². The quantitative estimate of drug-likeness (QED) is 0.745. The zero-order valence-electron chi connectivity index (χ0n) is 14.7. The molecule has 2 aromatic rings. The molecular weight excluding hydrogens is 397 g/mol. The molecule has 0 bridgehead atoms. The first-order valence-corrected chi connectivity index (χ1v) is 9.03. The molecule has 6 nitrogen and oxygen atoms in total. The minimum atomic E-state index is -4.75. The third-order valence-corrected chi connectivity index (χ3v) is 4.46. The van der Waals surface area contributed by atoms with Crippen molar-refractivity contribution in [2.45, 2.75) is 25.4 Å². The van der Waals surface area contributed by atoms with E-state index in [1.807, 2.05) is 0 Å². The highest BCUT2D eigenvalue weighted by Gasteiger charge is 2.37. The number of carbonyl (C=O) groups excluding carboxylic acids is 1. The molecular formula is C18H18ClF3N4O2.